The van der Waals surface area contributed by atoms with E-state index in [1.807, 2.05) is 0 Å². The van der Waals surface area contributed by atoms with E-state index in [1.54, 1.807) is 6.92 Å². The Bertz CT molecular complexity index is 1150. The molecule has 0 saturated carbocycles. The number of pyridine rings is 1. The van der Waals surface area contributed by atoms with Gasteiger partial charge in [0, 0.05) is 11.8 Å². The number of aromatic nitrogens is 5. The predicted octanol–water partition coefficient (Wildman–Crippen LogP) is 3.58. The molecule has 0 fully saturated rings. The highest BCUT2D eigenvalue weighted by atomic mass is 19.3. The number of halogens is 4. The topological polar surface area (TPSA) is 56.7 Å². The van der Waals surface area contributed by atoms with Crippen LogP contribution >= 0.6 is 0 Å². The molecule has 0 N–H and O–H groups in total. The summed E-state index contributed by atoms with van der Waals surface area (Å²) in [5, 5.41) is 4.06. The number of methoxy groups -OCH3 is 1. The zero-order valence-electron chi connectivity index (χ0n) is 13.5. The maximum absolute atomic E-state index is 14.6. The van der Waals surface area contributed by atoms with Crippen molar-refractivity contribution in [2.24, 2.45) is 0 Å². The van der Waals surface area contributed by atoms with Crippen molar-refractivity contribution in [3.05, 3.63) is 47.8 Å². The molecule has 6 nitrogen and oxygen atoms in total. The van der Waals surface area contributed by atoms with Gasteiger partial charge in [-0.05, 0) is 13.0 Å². The molecule has 4 aromatic rings. The molecule has 134 valence electrons. The van der Waals surface area contributed by atoms with Crippen molar-refractivity contribution in [3.63, 3.8) is 0 Å². The van der Waals surface area contributed by atoms with Gasteiger partial charge < -0.3 is 4.74 Å². The van der Waals surface area contributed by atoms with Gasteiger partial charge in [0.25, 0.3) is 6.43 Å². The van der Waals surface area contributed by atoms with Crippen LogP contribution in [0.5, 0.6) is 5.88 Å². The first-order valence-electron chi connectivity index (χ1n) is 7.45. The molecule has 0 amide bonds. The van der Waals surface area contributed by atoms with E-state index >= 15 is 0 Å². The van der Waals surface area contributed by atoms with Crippen molar-refractivity contribution in [3.8, 4) is 17.0 Å². The fraction of sp³-hybridized carbons (Fsp3) is 0.188. The molecular formula is C16H11F4N5O. The number of imidazole rings is 1. The minimum absolute atomic E-state index is 0.0284. The van der Waals surface area contributed by atoms with Crippen LogP contribution < -0.4 is 4.74 Å². The molecule has 0 bridgehead atoms. The van der Waals surface area contributed by atoms with E-state index in [2.05, 4.69) is 15.1 Å². The molecule has 0 unspecified atom stereocenters. The molecule has 4 heterocycles. The van der Waals surface area contributed by atoms with Crippen LogP contribution in [0, 0.1) is 18.6 Å². The highest BCUT2D eigenvalue weighted by Gasteiger charge is 2.22. The van der Waals surface area contributed by atoms with E-state index in [0.29, 0.717) is 5.82 Å². The summed E-state index contributed by atoms with van der Waals surface area (Å²) in [6, 6.07) is 1.02. The van der Waals surface area contributed by atoms with Gasteiger partial charge in [-0.15, -0.1) is 0 Å². The van der Waals surface area contributed by atoms with E-state index < -0.39 is 23.8 Å². The van der Waals surface area contributed by atoms with Crippen LogP contribution in [-0.2, 0) is 0 Å². The first-order chi connectivity index (χ1) is 12.4. The highest BCUT2D eigenvalue weighted by molar-refractivity contribution is 5.85. The van der Waals surface area contributed by atoms with E-state index in [4.69, 9.17) is 4.74 Å². The van der Waals surface area contributed by atoms with Crippen molar-refractivity contribution in [1.29, 1.82) is 0 Å². The summed E-state index contributed by atoms with van der Waals surface area (Å²) in [4.78, 5) is 7.74. The lowest BCUT2D eigenvalue weighted by molar-refractivity contribution is 0.145. The van der Waals surface area contributed by atoms with Crippen molar-refractivity contribution in [1.82, 2.24) is 24.0 Å². The van der Waals surface area contributed by atoms with Crippen LogP contribution in [0.15, 0.2) is 24.7 Å². The summed E-state index contributed by atoms with van der Waals surface area (Å²) >= 11 is 0. The first-order valence-corrected chi connectivity index (χ1v) is 7.45. The Morgan fingerprint density at radius 3 is 2.62 bits per heavy atom. The molecule has 0 radical (unpaired) electrons. The van der Waals surface area contributed by atoms with Crippen LogP contribution in [0.4, 0.5) is 17.6 Å². The van der Waals surface area contributed by atoms with E-state index in [-0.39, 0.29) is 28.2 Å². The Kier molecular flexibility index (Phi) is 3.56. The van der Waals surface area contributed by atoms with Crippen molar-refractivity contribution in [2.75, 3.05) is 7.11 Å². The van der Waals surface area contributed by atoms with E-state index in [9.17, 15) is 17.6 Å². The van der Waals surface area contributed by atoms with Gasteiger partial charge in [-0.25, -0.2) is 27.1 Å². The van der Waals surface area contributed by atoms with Gasteiger partial charge in [-0.1, -0.05) is 0 Å². The van der Waals surface area contributed by atoms with Crippen molar-refractivity contribution >= 4 is 11.2 Å². The Morgan fingerprint density at radius 1 is 1.15 bits per heavy atom. The SMILES string of the molecule is COc1nc(C)nn2cc(F)c(-c3cc(F)c4ncc(C(F)F)n4c3)c12. The molecule has 0 atom stereocenters. The first kappa shape index (κ1) is 16.3. The molecule has 10 heteroatoms. The van der Waals surface area contributed by atoms with Gasteiger partial charge in [-0.2, -0.15) is 10.1 Å². The summed E-state index contributed by atoms with van der Waals surface area (Å²) in [5.41, 5.74) is -0.638. The van der Waals surface area contributed by atoms with Crippen LogP contribution in [0.1, 0.15) is 17.9 Å². The Hall–Kier alpha value is -3.17. The average molecular weight is 365 g/mol. The van der Waals surface area contributed by atoms with Crippen LogP contribution in [0.3, 0.4) is 0 Å². The molecule has 4 rings (SSSR count). The van der Waals surface area contributed by atoms with Crippen molar-refractivity contribution in [2.45, 2.75) is 13.3 Å². The number of ether oxygens (including phenoxy) is 1. The quantitative estimate of drug-likeness (QED) is 0.521. The van der Waals surface area contributed by atoms with Crippen LogP contribution in [-0.4, -0.2) is 31.1 Å². The minimum atomic E-state index is -2.87. The number of hydrogen-bond donors (Lipinski definition) is 0. The second-order valence-corrected chi connectivity index (χ2v) is 5.57. The Labute approximate surface area is 143 Å². The number of rotatable bonds is 3. The summed E-state index contributed by atoms with van der Waals surface area (Å²) in [5.74, 6) is -1.16. The fourth-order valence-electron chi connectivity index (χ4n) is 2.91. The van der Waals surface area contributed by atoms with Crippen LogP contribution in [0.25, 0.3) is 22.3 Å². The second kappa shape index (κ2) is 5.68. The number of aryl methyl sites for hydroxylation is 1. The Morgan fingerprint density at radius 2 is 1.92 bits per heavy atom. The van der Waals surface area contributed by atoms with Crippen molar-refractivity contribution < 1.29 is 22.3 Å². The van der Waals surface area contributed by atoms with Gasteiger partial charge in [0.05, 0.1) is 25.1 Å². The van der Waals surface area contributed by atoms with E-state index in [0.717, 1.165) is 22.9 Å². The minimum Gasteiger partial charge on any atom is -0.479 e. The molecule has 0 saturated heterocycles. The van der Waals surface area contributed by atoms with Crippen LogP contribution in [0.2, 0.25) is 0 Å². The normalized spacial score (nSPS) is 11.8. The Balaban J connectivity index is 2.07. The molecule has 4 aromatic heterocycles. The van der Waals surface area contributed by atoms with Gasteiger partial charge >= 0.3 is 0 Å². The summed E-state index contributed by atoms with van der Waals surface area (Å²) in [6.45, 7) is 1.60. The lowest BCUT2D eigenvalue weighted by Crippen LogP contribution is -2.01. The zero-order valence-corrected chi connectivity index (χ0v) is 13.5. The maximum atomic E-state index is 14.6. The lowest BCUT2D eigenvalue weighted by Gasteiger charge is -2.08. The summed E-state index contributed by atoms with van der Waals surface area (Å²) in [6.07, 6.45) is 0.306. The predicted molar refractivity (Wildman–Crippen MR) is 83.3 cm³/mol. The third kappa shape index (κ3) is 2.29. The lowest BCUT2D eigenvalue weighted by atomic mass is 10.1. The summed E-state index contributed by atoms with van der Waals surface area (Å²) in [7, 11) is 1.35. The summed E-state index contributed by atoms with van der Waals surface area (Å²) < 4.78 is 62.5. The number of alkyl halides is 2. The number of fused-ring (bicyclic) bond motifs is 2. The molecular weight excluding hydrogens is 354 g/mol. The second-order valence-electron chi connectivity index (χ2n) is 5.57. The molecule has 0 spiro atoms. The number of nitrogens with zero attached hydrogens (tertiary/aromatic N) is 5. The maximum Gasteiger partial charge on any atom is 0.280 e. The number of hydrogen-bond acceptors (Lipinski definition) is 4. The fourth-order valence-corrected chi connectivity index (χ4v) is 2.91. The average Bonchev–Trinajstić information content (AvgIpc) is 3.14. The molecule has 0 aliphatic rings. The molecule has 0 aromatic carbocycles. The van der Waals surface area contributed by atoms with E-state index in [1.165, 1.54) is 17.8 Å². The standard InChI is InChI=1S/C16H11F4N5O/c1-7-22-16(26-2)13-12(10(18)6-25(13)23-7)8-3-9(17)15-21-4-11(14(19)20)24(15)5-8/h3-6,14H,1-2H3. The smallest absolute Gasteiger partial charge is 0.280 e. The highest BCUT2D eigenvalue weighted by Crippen LogP contribution is 2.35. The molecule has 26 heavy (non-hydrogen) atoms. The van der Waals surface area contributed by atoms with Gasteiger partial charge in [0.2, 0.25) is 5.88 Å². The largest absolute Gasteiger partial charge is 0.479 e. The molecule has 0 aliphatic heterocycles. The van der Waals surface area contributed by atoms with Gasteiger partial charge in [0.15, 0.2) is 17.3 Å². The van der Waals surface area contributed by atoms with Gasteiger partial charge in [-0.3, -0.25) is 4.40 Å². The van der Waals surface area contributed by atoms with Gasteiger partial charge in [0.1, 0.15) is 17.0 Å². The third-order valence-corrected chi connectivity index (χ3v) is 3.95. The molecule has 0 aliphatic carbocycles. The third-order valence-electron chi connectivity index (χ3n) is 3.95. The zero-order chi connectivity index (χ0) is 18.6. The monoisotopic (exact) mass is 365 g/mol.